The Bertz CT molecular complexity index is 1030. The van der Waals surface area contributed by atoms with Gasteiger partial charge in [-0.15, -0.1) is 0 Å². The molecule has 0 bridgehead atoms. The molecule has 3 aromatic rings. The van der Waals surface area contributed by atoms with Gasteiger partial charge in [-0.3, -0.25) is 0 Å². The van der Waals surface area contributed by atoms with Gasteiger partial charge < -0.3 is 25.4 Å². The van der Waals surface area contributed by atoms with Crippen molar-refractivity contribution < 1.29 is 24.1 Å². The Labute approximate surface area is 174 Å². The first kappa shape index (κ1) is 20.3. The van der Waals surface area contributed by atoms with Crippen molar-refractivity contribution in [1.29, 1.82) is 0 Å². The molecule has 1 heterocycles. The van der Waals surface area contributed by atoms with Gasteiger partial charge in [0.05, 0.1) is 18.8 Å². The van der Waals surface area contributed by atoms with Crippen LogP contribution >= 0.6 is 0 Å². The van der Waals surface area contributed by atoms with Crippen molar-refractivity contribution >= 4 is 0 Å². The summed E-state index contributed by atoms with van der Waals surface area (Å²) >= 11 is 0. The lowest BCUT2D eigenvalue weighted by molar-refractivity contribution is 0.115. The van der Waals surface area contributed by atoms with Crippen LogP contribution in [0.3, 0.4) is 0 Å². The molecule has 0 unspecified atom stereocenters. The van der Waals surface area contributed by atoms with Gasteiger partial charge in [-0.2, -0.15) is 0 Å². The summed E-state index contributed by atoms with van der Waals surface area (Å²) in [7, 11) is 0. The number of benzene rings is 3. The van der Waals surface area contributed by atoms with Crippen molar-refractivity contribution in [3.63, 3.8) is 0 Å². The second-order valence-electron chi connectivity index (χ2n) is 7.73. The van der Waals surface area contributed by atoms with E-state index >= 15 is 0 Å². The van der Waals surface area contributed by atoms with Crippen molar-refractivity contribution in [2.24, 2.45) is 5.73 Å². The third-order valence-electron chi connectivity index (χ3n) is 5.36. The summed E-state index contributed by atoms with van der Waals surface area (Å²) in [5, 5.41) is 18.7. The average molecular weight is 409 g/mol. The molecule has 0 atom stereocenters. The fourth-order valence-electron chi connectivity index (χ4n) is 3.43. The topological polar surface area (TPSA) is 84.9 Å². The summed E-state index contributed by atoms with van der Waals surface area (Å²) in [5.41, 5.74) is 8.19. The van der Waals surface area contributed by atoms with Gasteiger partial charge in [-0.1, -0.05) is 18.2 Å². The van der Waals surface area contributed by atoms with Crippen molar-refractivity contribution in [3.05, 3.63) is 83.2 Å². The minimum absolute atomic E-state index is 0.257. The Morgan fingerprint density at radius 1 is 0.900 bits per heavy atom. The SMILES string of the molecule is NC(CO)(CO)CCc1ccc2c(c1)Cc1ccc(Oc3ccc(F)cc3)cc1O2. The molecule has 3 aromatic carbocycles. The fraction of sp³-hybridized carbons (Fsp3) is 0.250. The first-order chi connectivity index (χ1) is 14.5. The maximum absolute atomic E-state index is 13.1. The second kappa shape index (κ2) is 8.44. The Morgan fingerprint density at radius 2 is 1.63 bits per heavy atom. The summed E-state index contributed by atoms with van der Waals surface area (Å²) in [6.45, 7) is -0.513. The summed E-state index contributed by atoms with van der Waals surface area (Å²) in [5.74, 6) is 2.38. The largest absolute Gasteiger partial charge is 0.457 e. The van der Waals surface area contributed by atoms with E-state index in [9.17, 15) is 14.6 Å². The van der Waals surface area contributed by atoms with Crippen LogP contribution in [0.2, 0.25) is 0 Å². The number of aliphatic hydroxyl groups is 2. The minimum Gasteiger partial charge on any atom is -0.457 e. The molecule has 0 radical (unpaired) electrons. The van der Waals surface area contributed by atoms with Crippen LogP contribution in [0.4, 0.5) is 4.39 Å². The number of nitrogens with two attached hydrogens (primary N) is 1. The molecule has 4 N–H and O–H groups in total. The first-order valence-corrected chi connectivity index (χ1v) is 9.85. The maximum Gasteiger partial charge on any atom is 0.134 e. The molecular weight excluding hydrogens is 385 g/mol. The molecule has 0 saturated heterocycles. The molecule has 1 aliphatic heterocycles. The van der Waals surface area contributed by atoms with Crippen LogP contribution in [0.1, 0.15) is 23.1 Å². The summed E-state index contributed by atoms with van der Waals surface area (Å²) < 4.78 is 24.9. The number of fused-ring (bicyclic) bond motifs is 2. The highest BCUT2D eigenvalue weighted by molar-refractivity contribution is 5.53. The molecule has 30 heavy (non-hydrogen) atoms. The molecule has 0 spiro atoms. The molecule has 0 fully saturated rings. The molecule has 4 rings (SSSR count). The monoisotopic (exact) mass is 409 g/mol. The second-order valence-corrected chi connectivity index (χ2v) is 7.73. The smallest absolute Gasteiger partial charge is 0.134 e. The quantitative estimate of drug-likeness (QED) is 0.431. The van der Waals surface area contributed by atoms with Crippen molar-refractivity contribution in [3.8, 4) is 23.0 Å². The van der Waals surface area contributed by atoms with Crippen molar-refractivity contribution in [2.45, 2.75) is 24.8 Å². The predicted molar refractivity (Wildman–Crippen MR) is 112 cm³/mol. The van der Waals surface area contributed by atoms with Gasteiger partial charge in [0.15, 0.2) is 0 Å². The van der Waals surface area contributed by atoms with Gasteiger partial charge in [0.25, 0.3) is 0 Å². The Hall–Kier alpha value is -2.93. The summed E-state index contributed by atoms with van der Waals surface area (Å²) in [4.78, 5) is 0. The Balaban J connectivity index is 1.47. The highest BCUT2D eigenvalue weighted by Crippen LogP contribution is 2.39. The molecule has 6 heteroatoms. The van der Waals surface area contributed by atoms with E-state index in [4.69, 9.17) is 15.2 Å². The number of ether oxygens (including phenoxy) is 2. The van der Waals surface area contributed by atoms with Crippen LogP contribution < -0.4 is 15.2 Å². The number of aliphatic hydroxyl groups excluding tert-OH is 2. The molecule has 0 aliphatic carbocycles. The molecule has 0 amide bonds. The highest BCUT2D eigenvalue weighted by Gasteiger charge is 2.23. The minimum atomic E-state index is -0.972. The van der Waals surface area contributed by atoms with E-state index in [0.717, 1.165) is 34.6 Å². The van der Waals surface area contributed by atoms with E-state index in [1.165, 1.54) is 12.1 Å². The number of hydrogen-bond acceptors (Lipinski definition) is 5. The zero-order chi connectivity index (χ0) is 21.1. The van der Waals surface area contributed by atoms with Gasteiger partial charge in [-0.25, -0.2) is 4.39 Å². The van der Waals surface area contributed by atoms with Crippen LogP contribution in [0.15, 0.2) is 60.7 Å². The zero-order valence-electron chi connectivity index (χ0n) is 16.5. The standard InChI is InChI=1S/C24H24FNO4/c25-19-3-6-20(7-4-19)29-21-5-2-17-12-18-11-16(9-10-24(26,14-27)15-28)1-8-22(18)30-23(17)13-21/h1-8,11,13,27-28H,9-10,12,14-15,26H2. The lowest BCUT2D eigenvalue weighted by Crippen LogP contribution is -2.47. The predicted octanol–water partition coefficient (Wildman–Crippen LogP) is 3.93. The molecule has 156 valence electrons. The van der Waals surface area contributed by atoms with Gasteiger partial charge >= 0.3 is 0 Å². The summed E-state index contributed by atoms with van der Waals surface area (Å²) in [6.07, 6.45) is 1.87. The van der Waals surface area contributed by atoms with Crippen molar-refractivity contribution in [1.82, 2.24) is 0 Å². The number of aryl methyl sites for hydroxylation is 1. The molecule has 0 aromatic heterocycles. The van der Waals surface area contributed by atoms with Gasteiger partial charge in [0.1, 0.15) is 28.8 Å². The fourth-order valence-corrected chi connectivity index (χ4v) is 3.43. The number of rotatable bonds is 7. The van der Waals surface area contributed by atoms with Crippen LogP contribution in [0.5, 0.6) is 23.0 Å². The molecule has 0 saturated carbocycles. The molecular formula is C24H24FNO4. The van der Waals surface area contributed by atoms with Crippen LogP contribution in [0.25, 0.3) is 0 Å². The van der Waals surface area contributed by atoms with E-state index in [-0.39, 0.29) is 19.0 Å². The lowest BCUT2D eigenvalue weighted by atomic mass is 9.92. The third-order valence-corrected chi connectivity index (χ3v) is 5.36. The van der Waals surface area contributed by atoms with Gasteiger partial charge in [0, 0.05) is 12.5 Å². The number of halogens is 1. The van der Waals surface area contributed by atoms with Gasteiger partial charge in [-0.05, 0) is 65.9 Å². The van der Waals surface area contributed by atoms with Crippen LogP contribution in [0, 0.1) is 5.82 Å². The van der Waals surface area contributed by atoms with Crippen LogP contribution in [-0.2, 0) is 12.8 Å². The number of hydrogen-bond donors (Lipinski definition) is 3. The highest BCUT2D eigenvalue weighted by atomic mass is 19.1. The van der Waals surface area contributed by atoms with E-state index in [1.54, 1.807) is 12.1 Å². The lowest BCUT2D eigenvalue weighted by Gasteiger charge is -2.25. The van der Waals surface area contributed by atoms with Crippen LogP contribution in [-0.4, -0.2) is 29.0 Å². The zero-order valence-corrected chi connectivity index (χ0v) is 16.5. The maximum atomic E-state index is 13.1. The molecule has 5 nitrogen and oxygen atoms in total. The average Bonchev–Trinajstić information content (AvgIpc) is 2.77. The molecule has 1 aliphatic rings. The summed E-state index contributed by atoms with van der Waals surface area (Å²) in [6, 6.07) is 17.5. The van der Waals surface area contributed by atoms with E-state index in [1.807, 2.05) is 30.3 Å². The normalized spacial score (nSPS) is 12.7. The van der Waals surface area contributed by atoms with Gasteiger partial charge in [0.2, 0.25) is 0 Å². The Morgan fingerprint density at radius 3 is 2.37 bits per heavy atom. The van der Waals surface area contributed by atoms with Crippen molar-refractivity contribution in [2.75, 3.05) is 13.2 Å². The van der Waals surface area contributed by atoms with E-state index in [0.29, 0.717) is 24.3 Å². The first-order valence-electron chi connectivity index (χ1n) is 9.85. The third kappa shape index (κ3) is 4.46. The Kier molecular flexibility index (Phi) is 5.72. The van der Waals surface area contributed by atoms with E-state index in [2.05, 4.69) is 6.07 Å². The van der Waals surface area contributed by atoms with E-state index < -0.39 is 5.54 Å².